The highest BCUT2D eigenvalue weighted by Crippen LogP contribution is 2.20. The van der Waals surface area contributed by atoms with Crippen LogP contribution in [0.4, 0.5) is 0 Å². The van der Waals surface area contributed by atoms with E-state index in [-0.39, 0.29) is 5.91 Å². The van der Waals surface area contributed by atoms with Crippen LogP contribution in [0.1, 0.15) is 23.2 Å². The van der Waals surface area contributed by atoms with E-state index < -0.39 is 0 Å². The number of nitrogens with one attached hydrogen (secondary N) is 1. The van der Waals surface area contributed by atoms with Crippen molar-refractivity contribution in [3.8, 4) is 0 Å². The van der Waals surface area contributed by atoms with Gasteiger partial charge in [-0.05, 0) is 47.9 Å². The molecule has 20 heavy (non-hydrogen) atoms. The van der Waals surface area contributed by atoms with Crippen LogP contribution < -0.4 is 5.32 Å². The third kappa shape index (κ3) is 4.05. The third-order valence-electron chi connectivity index (χ3n) is 3.13. The first-order valence-electron chi connectivity index (χ1n) is 6.67. The van der Waals surface area contributed by atoms with E-state index in [1.54, 1.807) is 7.11 Å². The fourth-order valence-electron chi connectivity index (χ4n) is 2.03. The Kier molecular flexibility index (Phi) is 5.56. The van der Waals surface area contributed by atoms with Crippen LogP contribution >= 0.6 is 15.9 Å². The summed E-state index contributed by atoms with van der Waals surface area (Å²) >= 11 is 3.45. The summed E-state index contributed by atoms with van der Waals surface area (Å²) in [7, 11) is 1.69. The minimum absolute atomic E-state index is 0.0211. The van der Waals surface area contributed by atoms with Crippen molar-refractivity contribution >= 4 is 32.6 Å². The van der Waals surface area contributed by atoms with Crippen molar-refractivity contribution in [3.63, 3.8) is 0 Å². The van der Waals surface area contributed by atoms with Crippen molar-refractivity contribution < 1.29 is 9.53 Å². The van der Waals surface area contributed by atoms with Gasteiger partial charge in [0.05, 0.1) is 0 Å². The van der Waals surface area contributed by atoms with E-state index in [0.29, 0.717) is 12.1 Å². The van der Waals surface area contributed by atoms with Crippen LogP contribution in [0.15, 0.2) is 40.9 Å². The van der Waals surface area contributed by atoms with Crippen molar-refractivity contribution in [2.24, 2.45) is 0 Å². The van der Waals surface area contributed by atoms with Gasteiger partial charge in [-0.3, -0.25) is 4.79 Å². The largest absolute Gasteiger partial charge is 0.385 e. The number of benzene rings is 2. The average molecular weight is 336 g/mol. The van der Waals surface area contributed by atoms with Crippen LogP contribution in [0, 0.1) is 0 Å². The Bertz CT molecular complexity index is 598. The van der Waals surface area contributed by atoms with E-state index in [2.05, 4.69) is 21.2 Å². The van der Waals surface area contributed by atoms with Gasteiger partial charge < -0.3 is 10.1 Å². The summed E-state index contributed by atoms with van der Waals surface area (Å²) in [5, 5.41) is 5.12. The normalized spacial score (nSPS) is 10.7. The molecule has 0 bridgehead atoms. The fraction of sp³-hybridized carbons (Fsp3) is 0.312. The van der Waals surface area contributed by atoms with E-state index in [9.17, 15) is 4.79 Å². The smallest absolute Gasteiger partial charge is 0.251 e. The molecule has 0 fully saturated rings. The maximum Gasteiger partial charge on any atom is 0.251 e. The van der Waals surface area contributed by atoms with Gasteiger partial charge in [0.15, 0.2) is 0 Å². The second-order valence-corrected chi connectivity index (χ2v) is 5.58. The number of methoxy groups -OCH3 is 1. The van der Waals surface area contributed by atoms with Crippen molar-refractivity contribution in [3.05, 3.63) is 46.4 Å². The first-order valence-corrected chi connectivity index (χ1v) is 7.46. The molecule has 0 aliphatic carbocycles. The maximum atomic E-state index is 12.0. The highest BCUT2D eigenvalue weighted by Gasteiger charge is 2.05. The molecule has 2 aromatic rings. The SMILES string of the molecule is COCCCCNC(=O)c1ccc2cc(Br)ccc2c1. The molecule has 1 amide bonds. The Morgan fingerprint density at radius 1 is 1.15 bits per heavy atom. The molecule has 2 rings (SSSR count). The van der Waals surface area contributed by atoms with Gasteiger partial charge in [-0.2, -0.15) is 0 Å². The summed E-state index contributed by atoms with van der Waals surface area (Å²) in [6, 6.07) is 11.8. The molecule has 0 saturated heterocycles. The van der Waals surface area contributed by atoms with Crippen molar-refractivity contribution in [1.82, 2.24) is 5.32 Å². The fourth-order valence-corrected chi connectivity index (χ4v) is 2.41. The molecule has 0 radical (unpaired) electrons. The zero-order chi connectivity index (χ0) is 14.4. The molecule has 4 heteroatoms. The van der Waals surface area contributed by atoms with Gasteiger partial charge in [-0.25, -0.2) is 0 Å². The maximum absolute atomic E-state index is 12.0. The summed E-state index contributed by atoms with van der Waals surface area (Å²) < 4.78 is 6.02. The van der Waals surface area contributed by atoms with E-state index in [0.717, 1.165) is 34.7 Å². The number of hydrogen-bond donors (Lipinski definition) is 1. The van der Waals surface area contributed by atoms with Crippen LogP contribution in [0.25, 0.3) is 10.8 Å². The van der Waals surface area contributed by atoms with Crippen LogP contribution in [-0.2, 0) is 4.74 Å². The molecular formula is C16H18BrNO2. The minimum atomic E-state index is -0.0211. The van der Waals surface area contributed by atoms with Gasteiger partial charge in [0.2, 0.25) is 0 Å². The number of carbonyl (C=O) groups excluding carboxylic acids is 1. The predicted molar refractivity (Wildman–Crippen MR) is 85.1 cm³/mol. The number of rotatable bonds is 6. The van der Waals surface area contributed by atoms with Gasteiger partial charge in [0.1, 0.15) is 0 Å². The molecular weight excluding hydrogens is 318 g/mol. The summed E-state index contributed by atoms with van der Waals surface area (Å²) in [6.45, 7) is 1.42. The molecule has 0 aliphatic rings. The highest BCUT2D eigenvalue weighted by molar-refractivity contribution is 9.10. The van der Waals surface area contributed by atoms with Gasteiger partial charge in [-0.15, -0.1) is 0 Å². The van der Waals surface area contributed by atoms with Crippen LogP contribution in [0.2, 0.25) is 0 Å². The van der Waals surface area contributed by atoms with E-state index in [1.165, 1.54) is 0 Å². The number of carbonyl (C=O) groups is 1. The Balaban J connectivity index is 1.98. The molecule has 0 heterocycles. The lowest BCUT2D eigenvalue weighted by Crippen LogP contribution is -2.24. The lowest BCUT2D eigenvalue weighted by molar-refractivity contribution is 0.0951. The number of hydrogen-bond acceptors (Lipinski definition) is 2. The van der Waals surface area contributed by atoms with Gasteiger partial charge in [0, 0.05) is 30.3 Å². The molecule has 3 nitrogen and oxygen atoms in total. The van der Waals surface area contributed by atoms with E-state index in [4.69, 9.17) is 4.74 Å². The third-order valence-corrected chi connectivity index (χ3v) is 3.62. The topological polar surface area (TPSA) is 38.3 Å². The first-order chi connectivity index (χ1) is 9.70. The van der Waals surface area contributed by atoms with E-state index in [1.807, 2.05) is 36.4 Å². The molecule has 2 aromatic carbocycles. The van der Waals surface area contributed by atoms with Gasteiger partial charge in [0.25, 0.3) is 5.91 Å². The standard InChI is InChI=1S/C16H18BrNO2/c1-20-9-3-2-8-18-16(19)14-5-4-13-11-15(17)7-6-12(13)10-14/h4-7,10-11H,2-3,8-9H2,1H3,(H,18,19). The number of halogens is 1. The Labute approximate surface area is 127 Å². The van der Waals surface area contributed by atoms with Crippen molar-refractivity contribution in [2.75, 3.05) is 20.3 Å². The second kappa shape index (κ2) is 7.41. The number of fused-ring (bicyclic) bond motifs is 1. The monoisotopic (exact) mass is 335 g/mol. The van der Waals surface area contributed by atoms with Crippen LogP contribution in [0.5, 0.6) is 0 Å². The molecule has 0 spiro atoms. The van der Waals surface area contributed by atoms with Crippen molar-refractivity contribution in [1.29, 1.82) is 0 Å². The zero-order valence-corrected chi connectivity index (χ0v) is 13.1. The lowest BCUT2D eigenvalue weighted by atomic mass is 10.1. The summed E-state index contributed by atoms with van der Waals surface area (Å²) in [6.07, 6.45) is 1.89. The Hall–Kier alpha value is -1.39. The quantitative estimate of drug-likeness (QED) is 0.816. The minimum Gasteiger partial charge on any atom is -0.385 e. The molecule has 0 unspecified atom stereocenters. The zero-order valence-electron chi connectivity index (χ0n) is 11.5. The van der Waals surface area contributed by atoms with Crippen LogP contribution in [0.3, 0.4) is 0 Å². The molecule has 0 atom stereocenters. The Morgan fingerprint density at radius 3 is 2.70 bits per heavy atom. The van der Waals surface area contributed by atoms with Gasteiger partial charge >= 0.3 is 0 Å². The molecule has 0 aromatic heterocycles. The van der Waals surface area contributed by atoms with E-state index >= 15 is 0 Å². The molecule has 1 N–H and O–H groups in total. The number of unbranched alkanes of at least 4 members (excludes halogenated alkanes) is 1. The Morgan fingerprint density at radius 2 is 1.90 bits per heavy atom. The van der Waals surface area contributed by atoms with Crippen molar-refractivity contribution in [2.45, 2.75) is 12.8 Å². The summed E-state index contributed by atoms with van der Waals surface area (Å²) in [5.74, 6) is -0.0211. The average Bonchev–Trinajstić information content (AvgIpc) is 2.46. The second-order valence-electron chi connectivity index (χ2n) is 4.66. The first kappa shape index (κ1) is 15.0. The molecule has 0 saturated carbocycles. The molecule has 106 valence electrons. The molecule has 0 aliphatic heterocycles. The number of ether oxygens (including phenoxy) is 1. The number of amides is 1. The predicted octanol–water partition coefficient (Wildman–Crippen LogP) is 3.76. The summed E-state index contributed by atoms with van der Waals surface area (Å²) in [4.78, 5) is 12.0. The van der Waals surface area contributed by atoms with Crippen LogP contribution in [-0.4, -0.2) is 26.2 Å². The summed E-state index contributed by atoms with van der Waals surface area (Å²) in [5.41, 5.74) is 0.701. The highest BCUT2D eigenvalue weighted by atomic mass is 79.9. The lowest BCUT2D eigenvalue weighted by Gasteiger charge is -2.06. The van der Waals surface area contributed by atoms with Gasteiger partial charge in [-0.1, -0.05) is 28.1 Å².